The van der Waals surface area contributed by atoms with Gasteiger partial charge in [0.1, 0.15) is 18.5 Å². The summed E-state index contributed by atoms with van der Waals surface area (Å²) in [5.41, 5.74) is 0.978. The molecule has 2 atom stereocenters. The molecule has 1 saturated heterocycles. The van der Waals surface area contributed by atoms with Crippen molar-refractivity contribution in [3.8, 4) is 5.75 Å². The van der Waals surface area contributed by atoms with Crippen molar-refractivity contribution in [1.82, 2.24) is 0 Å². The summed E-state index contributed by atoms with van der Waals surface area (Å²) in [4.78, 5) is 0.120. The quantitative estimate of drug-likeness (QED) is 0.592. The van der Waals surface area contributed by atoms with Crippen LogP contribution in [0.3, 0.4) is 0 Å². The zero-order chi connectivity index (χ0) is 19.8. The number of hydrogen-bond donors (Lipinski definition) is 0. The van der Waals surface area contributed by atoms with E-state index in [-0.39, 0.29) is 24.4 Å². The summed E-state index contributed by atoms with van der Waals surface area (Å²) < 4.78 is 47.5. The molecule has 0 bridgehead atoms. The van der Waals surface area contributed by atoms with E-state index in [1.807, 2.05) is 37.3 Å². The van der Waals surface area contributed by atoms with Crippen LogP contribution in [0.2, 0.25) is 0 Å². The van der Waals surface area contributed by atoms with Crippen LogP contribution < -0.4 is 4.74 Å². The Labute approximate surface area is 166 Å². The fraction of sp³-hybridized carbons (Fsp3) is 0.429. The first-order valence-corrected chi connectivity index (χ1v) is 10.8. The van der Waals surface area contributed by atoms with E-state index >= 15 is 0 Å². The highest BCUT2D eigenvalue weighted by Gasteiger charge is 2.24. The summed E-state index contributed by atoms with van der Waals surface area (Å²) in [6.07, 6.45) is 1.84. The predicted octanol–water partition coefficient (Wildman–Crippen LogP) is 3.69. The van der Waals surface area contributed by atoms with Gasteiger partial charge in [0.15, 0.2) is 6.29 Å². The highest BCUT2D eigenvalue weighted by atomic mass is 32.2. The average Bonchev–Trinajstić information content (AvgIpc) is 2.72. The van der Waals surface area contributed by atoms with E-state index in [4.69, 9.17) is 18.4 Å². The summed E-state index contributed by atoms with van der Waals surface area (Å²) in [6.45, 7) is 2.54. The molecule has 1 unspecified atom stereocenters. The van der Waals surface area contributed by atoms with E-state index in [1.165, 1.54) is 12.1 Å². The van der Waals surface area contributed by atoms with Crippen molar-refractivity contribution in [3.63, 3.8) is 0 Å². The molecule has 0 N–H and O–H groups in total. The molecule has 0 radical (unpaired) electrons. The minimum absolute atomic E-state index is 0.120. The number of aryl methyl sites for hydroxylation is 1. The first-order valence-electron chi connectivity index (χ1n) is 9.44. The number of hydrogen-bond acceptors (Lipinski definition) is 6. The van der Waals surface area contributed by atoms with Crippen molar-refractivity contribution in [1.29, 1.82) is 0 Å². The summed E-state index contributed by atoms with van der Waals surface area (Å²) in [5.74, 6) is 0.682. The van der Waals surface area contributed by atoms with Gasteiger partial charge in [0.05, 0.1) is 11.5 Å². The van der Waals surface area contributed by atoms with Crippen molar-refractivity contribution < 1.29 is 26.8 Å². The van der Waals surface area contributed by atoms with Crippen molar-refractivity contribution in [2.75, 3.05) is 19.8 Å². The molecule has 0 aromatic heterocycles. The summed E-state index contributed by atoms with van der Waals surface area (Å²) >= 11 is 0. The van der Waals surface area contributed by atoms with Gasteiger partial charge in [-0.15, -0.1) is 0 Å². The monoisotopic (exact) mass is 406 g/mol. The molecule has 7 heteroatoms. The van der Waals surface area contributed by atoms with Crippen LogP contribution >= 0.6 is 0 Å². The third-order valence-electron chi connectivity index (χ3n) is 4.38. The molecule has 152 valence electrons. The molecule has 28 heavy (non-hydrogen) atoms. The normalized spacial score (nSPS) is 18.5. The molecular weight excluding hydrogens is 380 g/mol. The van der Waals surface area contributed by atoms with Gasteiger partial charge in [0.25, 0.3) is 10.1 Å². The van der Waals surface area contributed by atoms with Crippen LogP contribution in [0.15, 0.2) is 59.5 Å². The molecule has 1 aliphatic heterocycles. The Kier molecular flexibility index (Phi) is 7.44. The number of rotatable bonds is 9. The lowest BCUT2D eigenvalue weighted by molar-refractivity contribution is -0.198. The second-order valence-electron chi connectivity index (χ2n) is 6.73. The topological polar surface area (TPSA) is 71.1 Å². The minimum atomic E-state index is -3.87. The molecule has 1 aliphatic rings. The van der Waals surface area contributed by atoms with Gasteiger partial charge in [-0.1, -0.05) is 35.9 Å². The largest absolute Gasteiger partial charge is 0.491 e. The lowest BCUT2D eigenvalue weighted by Gasteiger charge is -2.27. The van der Waals surface area contributed by atoms with E-state index < -0.39 is 16.2 Å². The SMILES string of the molecule is Cc1ccc(S(=O)(=O)OC[C@@H](COc2ccccc2)OC2CCCCO2)cc1. The Morgan fingerprint density at radius 2 is 1.79 bits per heavy atom. The zero-order valence-electron chi connectivity index (χ0n) is 16.0. The van der Waals surface area contributed by atoms with Gasteiger partial charge in [-0.25, -0.2) is 0 Å². The molecular formula is C21H26O6S. The highest BCUT2D eigenvalue weighted by molar-refractivity contribution is 7.86. The van der Waals surface area contributed by atoms with Crippen LogP contribution in [-0.2, 0) is 23.8 Å². The minimum Gasteiger partial charge on any atom is -0.491 e. The maximum absolute atomic E-state index is 12.5. The maximum atomic E-state index is 12.5. The van der Waals surface area contributed by atoms with Crippen LogP contribution in [-0.4, -0.2) is 40.6 Å². The Hall–Kier alpha value is -1.93. The Morgan fingerprint density at radius 1 is 1.04 bits per heavy atom. The van der Waals surface area contributed by atoms with Crippen molar-refractivity contribution in [2.24, 2.45) is 0 Å². The van der Waals surface area contributed by atoms with Crippen LogP contribution in [0.1, 0.15) is 24.8 Å². The molecule has 2 aromatic carbocycles. The van der Waals surface area contributed by atoms with Crippen molar-refractivity contribution in [3.05, 3.63) is 60.2 Å². The van der Waals surface area contributed by atoms with Gasteiger partial charge >= 0.3 is 0 Å². The first-order chi connectivity index (χ1) is 13.5. The fourth-order valence-corrected chi connectivity index (χ4v) is 3.74. The molecule has 0 saturated carbocycles. The van der Waals surface area contributed by atoms with Crippen LogP contribution in [0, 0.1) is 6.92 Å². The van der Waals surface area contributed by atoms with Gasteiger partial charge in [0, 0.05) is 6.61 Å². The van der Waals surface area contributed by atoms with Gasteiger partial charge in [-0.3, -0.25) is 4.18 Å². The standard InChI is InChI=1S/C21H26O6S/c1-17-10-12-20(13-11-17)28(22,23)26-16-19(27-21-9-5-6-14-24-21)15-25-18-7-3-2-4-8-18/h2-4,7-8,10-13,19,21H,5-6,9,14-16H2,1H3/t19-,21?/m1/s1. The van der Waals surface area contributed by atoms with Gasteiger partial charge in [-0.05, 0) is 50.5 Å². The van der Waals surface area contributed by atoms with E-state index in [0.717, 1.165) is 24.8 Å². The lowest BCUT2D eigenvalue weighted by atomic mass is 10.2. The molecule has 2 aromatic rings. The number of para-hydroxylation sites is 1. The van der Waals surface area contributed by atoms with Crippen molar-refractivity contribution >= 4 is 10.1 Å². The fourth-order valence-electron chi connectivity index (χ4n) is 2.80. The maximum Gasteiger partial charge on any atom is 0.297 e. The molecule has 0 spiro atoms. The van der Waals surface area contributed by atoms with E-state index in [2.05, 4.69) is 0 Å². The van der Waals surface area contributed by atoms with Gasteiger partial charge in [-0.2, -0.15) is 8.42 Å². The third-order valence-corrected chi connectivity index (χ3v) is 5.68. The zero-order valence-corrected chi connectivity index (χ0v) is 16.8. The smallest absolute Gasteiger partial charge is 0.297 e. The average molecular weight is 407 g/mol. The Morgan fingerprint density at radius 3 is 2.46 bits per heavy atom. The van der Waals surface area contributed by atoms with E-state index in [0.29, 0.717) is 12.4 Å². The summed E-state index contributed by atoms with van der Waals surface area (Å²) in [7, 11) is -3.87. The predicted molar refractivity (Wildman–Crippen MR) is 105 cm³/mol. The molecule has 3 rings (SSSR count). The second-order valence-corrected chi connectivity index (χ2v) is 8.35. The van der Waals surface area contributed by atoms with Crippen LogP contribution in [0.5, 0.6) is 5.75 Å². The summed E-state index contributed by atoms with van der Waals surface area (Å²) in [5, 5.41) is 0. The third kappa shape index (κ3) is 6.31. The van der Waals surface area contributed by atoms with Gasteiger partial charge < -0.3 is 14.2 Å². The highest BCUT2D eigenvalue weighted by Crippen LogP contribution is 2.19. The molecule has 0 aliphatic carbocycles. The van der Waals surface area contributed by atoms with Crippen molar-refractivity contribution in [2.45, 2.75) is 43.5 Å². The molecule has 1 heterocycles. The molecule has 1 fully saturated rings. The Balaban J connectivity index is 1.62. The van der Waals surface area contributed by atoms with Gasteiger partial charge in [0.2, 0.25) is 0 Å². The van der Waals surface area contributed by atoms with E-state index in [9.17, 15) is 8.42 Å². The number of benzene rings is 2. The lowest BCUT2D eigenvalue weighted by Crippen LogP contribution is -2.35. The Bertz CT molecular complexity index is 814. The number of ether oxygens (including phenoxy) is 3. The van der Waals surface area contributed by atoms with Crippen LogP contribution in [0.25, 0.3) is 0 Å². The first kappa shape index (κ1) is 20.8. The molecule has 6 nitrogen and oxygen atoms in total. The van der Waals surface area contributed by atoms with E-state index in [1.54, 1.807) is 12.1 Å². The second kappa shape index (κ2) is 10.0. The van der Waals surface area contributed by atoms with Crippen LogP contribution in [0.4, 0.5) is 0 Å². The molecule has 0 amide bonds. The summed E-state index contributed by atoms with van der Waals surface area (Å²) in [6, 6.07) is 15.8.